The van der Waals surface area contributed by atoms with Crippen LogP contribution < -0.4 is 5.32 Å². The fourth-order valence-corrected chi connectivity index (χ4v) is 10.6. The van der Waals surface area contributed by atoms with Gasteiger partial charge in [0.1, 0.15) is 0 Å². The van der Waals surface area contributed by atoms with Gasteiger partial charge in [0.2, 0.25) is 5.91 Å². The molecular formula is C68H131NO5. The second kappa shape index (κ2) is 63.9. The zero-order valence-electron chi connectivity index (χ0n) is 50.1. The van der Waals surface area contributed by atoms with E-state index in [2.05, 4.69) is 43.5 Å². The summed E-state index contributed by atoms with van der Waals surface area (Å²) < 4.78 is 5.46. The molecule has 0 bridgehead atoms. The van der Waals surface area contributed by atoms with Crippen LogP contribution >= 0.6 is 0 Å². The van der Waals surface area contributed by atoms with Gasteiger partial charge in [-0.2, -0.15) is 0 Å². The Bertz CT molecular complexity index is 1150. The molecule has 438 valence electrons. The van der Waals surface area contributed by atoms with Gasteiger partial charge < -0.3 is 20.3 Å². The van der Waals surface area contributed by atoms with E-state index in [1.807, 2.05) is 0 Å². The molecule has 0 aromatic rings. The minimum absolute atomic E-state index is 0.00577. The van der Waals surface area contributed by atoms with Gasteiger partial charge in [0.25, 0.3) is 0 Å². The Morgan fingerprint density at radius 1 is 0.365 bits per heavy atom. The van der Waals surface area contributed by atoms with E-state index >= 15 is 0 Å². The molecule has 0 radical (unpaired) electrons. The maximum Gasteiger partial charge on any atom is 0.305 e. The molecule has 0 aliphatic heterocycles. The van der Waals surface area contributed by atoms with Gasteiger partial charge in [0.15, 0.2) is 0 Å². The number of allylic oxidation sites excluding steroid dienone is 4. The van der Waals surface area contributed by atoms with Crippen molar-refractivity contribution >= 4 is 11.9 Å². The molecule has 0 rings (SSSR count). The van der Waals surface area contributed by atoms with Gasteiger partial charge in [-0.3, -0.25) is 9.59 Å². The van der Waals surface area contributed by atoms with Crippen LogP contribution in [0.3, 0.4) is 0 Å². The smallest absolute Gasteiger partial charge is 0.305 e. The fraction of sp³-hybridized carbons (Fsp3) is 0.912. The number of rotatable bonds is 63. The lowest BCUT2D eigenvalue weighted by molar-refractivity contribution is -0.143. The molecule has 0 aliphatic carbocycles. The van der Waals surface area contributed by atoms with Crippen molar-refractivity contribution in [2.45, 2.75) is 386 Å². The maximum absolute atomic E-state index is 12.5. The predicted octanol–water partition coefficient (Wildman–Crippen LogP) is 21.4. The lowest BCUT2D eigenvalue weighted by Crippen LogP contribution is -2.45. The van der Waals surface area contributed by atoms with E-state index in [0.29, 0.717) is 25.9 Å². The Morgan fingerprint density at radius 3 is 1.00 bits per heavy atom. The van der Waals surface area contributed by atoms with Crippen LogP contribution in [0.15, 0.2) is 24.3 Å². The molecule has 3 N–H and O–H groups in total. The third kappa shape index (κ3) is 59.6. The van der Waals surface area contributed by atoms with E-state index in [1.54, 1.807) is 0 Å². The molecule has 2 atom stereocenters. The first kappa shape index (κ1) is 72.3. The number of unbranched alkanes of at least 4 members (excludes halogenated alkanes) is 48. The SMILES string of the molecule is CCCC/C=C\CCCCCCCC(=O)OCCCCCCCCCCCCCC/C=C\CCCCCCCCCCCCCCCC(=O)NC(CO)C(O)CCCCCCCCCCCCCCCCCCC. The number of esters is 1. The largest absolute Gasteiger partial charge is 0.466 e. The Hall–Kier alpha value is -1.66. The number of carbonyl (C=O) groups excluding carboxylic acids is 2. The van der Waals surface area contributed by atoms with Crippen LogP contribution in [-0.2, 0) is 14.3 Å². The van der Waals surface area contributed by atoms with Gasteiger partial charge in [0.05, 0.1) is 25.4 Å². The number of amides is 1. The quantitative estimate of drug-likeness (QED) is 0.0320. The predicted molar refractivity (Wildman–Crippen MR) is 324 cm³/mol. The molecule has 0 heterocycles. The zero-order chi connectivity index (χ0) is 53.6. The van der Waals surface area contributed by atoms with Crippen LogP contribution in [0, 0.1) is 0 Å². The number of nitrogens with one attached hydrogen (secondary N) is 1. The van der Waals surface area contributed by atoms with Crippen LogP contribution in [-0.4, -0.2) is 47.4 Å². The molecule has 0 aliphatic rings. The summed E-state index contributed by atoms with van der Waals surface area (Å²) in [5, 5.41) is 23.4. The van der Waals surface area contributed by atoms with Gasteiger partial charge in [-0.15, -0.1) is 0 Å². The summed E-state index contributed by atoms with van der Waals surface area (Å²) in [4.78, 5) is 24.5. The second-order valence-electron chi connectivity index (χ2n) is 23.1. The average Bonchev–Trinajstić information content (AvgIpc) is 3.40. The van der Waals surface area contributed by atoms with Crippen LogP contribution in [0.1, 0.15) is 373 Å². The summed E-state index contributed by atoms with van der Waals surface area (Å²) >= 11 is 0. The third-order valence-corrected chi connectivity index (χ3v) is 15.7. The van der Waals surface area contributed by atoms with E-state index in [-0.39, 0.29) is 18.5 Å². The van der Waals surface area contributed by atoms with E-state index in [0.717, 1.165) is 44.9 Å². The highest BCUT2D eigenvalue weighted by Crippen LogP contribution is 2.18. The zero-order valence-corrected chi connectivity index (χ0v) is 50.1. The van der Waals surface area contributed by atoms with Crippen molar-refractivity contribution in [2.24, 2.45) is 0 Å². The molecule has 0 saturated heterocycles. The molecule has 0 fully saturated rings. The lowest BCUT2D eigenvalue weighted by Gasteiger charge is -2.22. The summed E-state index contributed by atoms with van der Waals surface area (Å²) in [5.41, 5.74) is 0. The Labute approximate surface area is 462 Å². The molecule has 1 amide bonds. The van der Waals surface area contributed by atoms with Gasteiger partial charge in [-0.25, -0.2) is 0 Å². The highest BCUT2D eigenvalue weighted by molar-refractivity contribution is 5.76. The van der Waals surface area contributed by atoms with Crippen LogP contribution in [0.5, 0.6) is 0 Å². The lowest BCUT2D eigenvalue weighted by atomic mass is 10.0. The van der Waals surface area contributed by atoms with Crippen LogP contribution in [0.4, 0.5) is 0 Å². The summed E-state index contributed by atoms with van der Waals surface area (Å²) in [6.45, 7) is 4.94. The van der Waals surface area contributed by atoms with E-state index < -0.39 is 12.1 Å². The first-order chi connectivity index (χ1) is 36.5. The molecule has 2 unspecified atom stereocenters. The average molecular weight is 1040 g/mol. The number of hydrogen-bond donors (Lipinski definition) is 3. The van der Waals surface area contributed by atoms with Crippen molar-refractivity contribution in [3.8, 4) is 0 Å². The first-order valence-corrected chi connectivity index (χ1v) is 33.6. The normalized spacial score (nSPS) is 12.6. The van der Waals surface area contributed by atoms with E-state index in [9.17, 15) is 19.8 Å². The number of hydrogen-bond acceptors (Lipinski definition) is 5. The van der Waals surface area contributed by atoms with Crippen molar-refractivity contribution in [3.05, 3.63) is 24.3 Å². The van der Waals surface area contributed by atoms with Gasteiger partial charge in [0, 0.05) is 12.8 Å². The van der Waals surface area contributed by atoms with Crippen LogP contribution in [0.25, 0.3) is 0 Å². The minimum atomic E-state index is -0.664. The number of aliphatic hydroxyl groups excluding tert-OH is 2. The molecular weight excluding hydrogens is 911 g/mol. The molecule has 0 spiro atoms. The number of aliphatic hydroxyl groups is 2. The third-order valence-electron chi connectivity index (χ3n) is 15.7. The van der Waals surface area contributed by atoms with Gasteiger partial charge >= 0.3 is 5.97 Å². The number of ether oxygens (including phenoxy) is 1. The Balaban J connectivity index is 3.37. The Morgan fingerprint density at radius 2 is 0.649 bits per heavy atom. The highest BCUT2D eigenvalue weighted by atomic mass is 16.5. The Kier molecular flexibility index (Phi) is 62.4. The summed E-state index contributed by atoms with van der Waals surface area (Å²) in [5.74, 6) is -0.0252. The summed E-state index contributed by atoms with van der Waals surface area (Å²) in [6, 6.07) is -0.541. The van der Waals surface area contributed by atoms with Crippen LogP contribution in [0.2, 0.25) is 0 Å². The van der Waals surface area contributed by atoms with Crippen molar-refractivity contribution in [1.29, 1.82) is 0 Å². The fourth-order valence-electron chi connectivity index (χ4n) is 10.6. The standard InChI is InChI=1S/C68H131NO5/c1-3-5-7-9-11-13-15-16-17-31-34-37-41-44-48-52-56-60-66(71)65(64-70)69-67(72)61-57-53-49-45-42-38-35-32-29-27-25-23-21-19-18-20-22-24-26-28-30-33-36-39-43-47-51-55-59-63-74-68(73)62-58-54-50-46-40-14-12-10-8-6-4-2/h10,12,18,20,65-66,70-71H,3-9,11,13-17,19,21-64H2,1-2H3,(H,69,72)/b12-10-,20-18-. The molecule has 0 aromatic heterocycles. The minimum Gasteiger partial charge on any atom is -0.466 e. The topological polar surface area (TPSA) is 95.9 Å². The maximum atomic E-state index is 12.5. The van der Waals surface area contributed by atoms with Crippen molar-refractivity contribution in [3.63, 3.8) is 0 Å². The first-order valence-electron chi connectivity index (χ1n) is 33.6. The van der Waals surface area contributed by atoms with Crippen molar-refractivity contribution in [1.82, 2.24) is 5.32 Å². The van der Waals surface area contributed by atoms with E-state index in [1.165, 1.54) is 295 Å². The molecule has 6 nitrogen and oxygen atoms in total. The molecule has 0 aromatic carbocycles. The second-order valence-corrected chi connectivity index (χ2v) is 23.1. The number of carbonyl (C=O) groups is 2. The van der Waals surface area contributed by atoms with Gasteiger partial charge in [-0.1, -0.05) is 314 Å². The monoisotopic (exact) mass is 1040 g/mol. The summed E-state index contributed by atoms with van der Waals surface area (Å²) in [7, 11) is 0. The molecule has 74 heavy (non-hydrogen) atoms. The van der Waals surface area contributed by atoms with Gasteiger partial charge in [-0.05, 0) is 70.6 Å². The highest BCUT2D eigenvalue weighted by Gasteiger charge is 2.20. The summed E-state index contributed by atoms with van der Waals surface area (Å²) in [6.07, 6.45) is 79.3. The van der Waals surface area contributed by atoms with Crippen molar-refractivity contribution in [2.75, 3.05) is 13.2 Å². The van der Waals surface area contributed by atoms with E-state index in [4.69, 9.17) is 4.74 Å². The molecule has 0 saturated carbocycles. The van der Waals surface area contributed by atoms with Crippen molar-refractivity contribution < 1.29 is 24.5 Å². The molecule has 6 heteroatoms.